The normalized spacial score (nSPS) is 12.9. The van der Waals surface area contributed by atoms with Crippen LogP contribution in [-0.2, 0) is 22.7 Å². The number of ether oxygens (including phenoxy) is 1. The largest absolute Gasteiger partial charge is 0.487 e. The summed E-state index contributed by atoms with van der Waals surface area (Å²) in [5.41, 5.74) is 5.73. The number of carbonyl (C=O) groups is 3. The van der Waals surface area contributed by atoms with Crippen LogP contribution in [0.15, 0.2) is 91.1 Å². The highest BCUT2D eigenvalue weighted by atomic mass is 35.5. The van der Waals surface area contributed by atoms with Gasteiger partial charge in [0.05, 0.1) is 29.5 Å². The number of rotatable bonds is 12. The summed E-state index contributed by atoms with van der Waals surface area (Å²) >= 11 is 13.4. The van der Waals surface area contributed by atoms with Crippen LogP contribution in [0.5, 0.6) is 5.75 Å². The first-order chi connectivity index (χ1) is 25.7. The number of hydrogen-bond acceptors (Lipinski definition) is 7. The smallest absolute Gasteiger partial charge is 0.251 e. The van der Waals surface area contributed by atoms with E-state index in [1.165, 1.54) is 30.2 Å². The SMILES string of the molecule is Cc1cc(N2CCCCC2)c2cccc(OCc3c(Cl)ccc(N(C)C(=O)CNC(=O)/C=C/c4ccc(C(=O)NCc5ccccn5)cc4)c3Cl)c2n1. The highest BCUT2D eigenvalue weighted by Crippen LogP contribution is 2.37. The van der Waals surface area contributed by atoms with Crippen LogP contribution in [0.4, 0.5) is 11.4 Å². The number of amides is 3. The number of fused-ring (bicyclic) bond motifs is 1. The number of halogens is 2. The highest BCUT2D eigenvalue weighted by Gasteiger charge is 2.21. The Morgan fingerprint density at radius 1 is 0.943 bits per heavy atom. The van der Waals surface area contributed by atoms with Gasteiger partial charge in [0.15, 0.2) is 0 Å². The van der Waals surface area contributed by atoms with E-state index in [4.69, 9.17) is 32.9 Å². The van der Waals surface area contributed by atoms with E-state index in [0.29, 0.717) is 39.7 Å². The molecule has 10 nitrogen and oxygen atoms in total. The van der Waals surface area contributed by atoms with Gasteiger partial charge in [-0.05, 0) is 86.4 Å². The number of anilines is 2. The molecule has 272 valence electrons. The van der Waals surface area contributed by atoms with Gasteiger partial charge in [-0.25, -0.2) is 4.98 Å². The number of benzene rings is 3. The molecule has 6 rings (SSSR count). The van der Waals surface area contributed by atoms with E-state index in [2.05, 4.69) is 32.7 Å². The third kappa shape index (κ3) is 9.32. The minimum atomic E-state index is -0.456. The van der Waals surface area contributed by atoms with Gasteiger partial charge in [-0.3, -0.25) is 19.4 Å². The van der Waals surface area contributed by atoms with Crippen molar-refractivity contribution >= 4 is 69.3 Å². The Morgan fingerprint density at radius 3 is 2.49 bits per heavy atom. The number of pyridine rings is 2. The molecule has 1 aliphatic heterocycles. The molecule has 3 amide bonds. The molecule has 0 radical (unpaired) electrons. The van der Waals surface area contributed by atoms with E-state index < -0.39 is 5.91 Å². The van der Waals surface area contributed by atoms with Crippen LogP contribution in [0.1, 0.15) is 52.1 Å². The van der Waals surface area contributed by atoms with Crippen molar-refractivity contribution in [3.63, 3.8) is 0 Å². The van der Waals surface area contributed by atoms with Crippen molar-refractivity contribution in [3.8, 4) is 5.75 Å². The van der Waals surface area contributed by atoms with Crippen LogP contribution >= 0.6 is 23.2 Å². The van der Waals surface area contributed by atoms with Gasteiger partial charge < -0.3 is 25.2 Å². The van der Waals surface area contributed by atoms with Crippen LogP contribution in [0.25, 0.3) is 17.0 Å². The lowest BCUT2D eigenvalue weighted by molar-refractivity contribution is -0.122. The van der Waals surface area contributed by atoms with E-state index >= 15 is 0 Å². The molecule has 1 fully saturated rings. The van der Waals surface area contributed by atoms with E-state index in [0.717, 1.165) is 41.1 Å². The van der Waals surface area contributed by atoms with Crippen LogP contribution in [-0.4, -0.2) is 54.4 Å². The van der Waals surface area contributed by atoms with Crippen molar-refractivity contribution in [2.45, 2.75) is 39.3 Å². The zero-order valence-electron chi connectivity index (χ0n) is 29.6. The maximum Gasteiger partial charge on any atom is 0.251 e. The number of aromatic nitrogens is 2. The predicted molar refractivity (Wildman–Crippen MR) is 211 cm³/mol. The molecule has 1 saturated heterocycles. The van der Waals surface area contributed by atoms with Crippen LogP contribution in [0.2, 0.25) is 10.0 Å². The highest BCUT2D eigenvalue weighted by molar-refractivity contribution is 6.38. The molecule has 5 aromatic rings. The van der Waals surface area contributed by atoms with Gasteiger partial charge in [-0.1, -0.05) is 53.5 Å². The number of piperidine rings is 1. The Morgan fingerprint density at radius 2 is 1.74 bits per heavy atom. The Bertz CT molecular complexity index is 2140. The first-order valence-electron chi connectivity index (χ1n) is 17.4. The van der Waals surface area contributed by atoms with E-state index in [-0.39, 0.29) is 30.0 Å². The zero-order chi connectivity index (χ0) is 37.3. The average molecular weight is 752 g/mol. The van der Waals surface area contributed by atoms with E-state index in [9.17, 15) is 14.4 Å². The van der Waals surface area contributed by atoms with E-state index in [1.54, 1.807) is 55.7 Å². The Labute approximate surface area is 318 Å². The molecule has 0 saturated carbocycles. The number of hydrogen-bond donors (Lipinski definition) is 2. The second-order valence-corrected chi connectivity index (χ2v) is 13.5. The third-order valence-electron chi connectivity index (χ3n) is 9.05. The molecular formula is C41H40Cl2N6O4. The fourth-order valence-electron chi connectivity index (χ4n) is 6.14. The van der Waals surface area contributed by atoms with Crippen molar-refractivity contribution < 1.29 is 19.1 Å². The fourth-order valence-corrected chi connectivity index (χ4v) is 6.74. The molecule has 2 N–H and O–H groups in total. The summed E-state index contributed by atoms with van der Waals surface area (Å²) in [7, 11) is 1.58. The molecule has 3 heterocycles. The van der Waals surface area contributed by atoms with Crippen molar-refractivity contribution in [1.82, 2.24) is 20.6 Å². The Hall–Kier alpha value is -5.45. The quantitative estimate of drug-likeness (QED) is 0.127. The molecule has 0 spiro atoms. The van der Waals surface area contributed by atoms with Crippen LogP contribution < -0.4 is 25.2 Å². The van der Waals surface area contributed by atoms with Gasteiger partial charge in [0.25, 0.3) is 5.91 Å². The van der Waals surface area contributed by atoms with Crippen LogP contribution in [0, 0.1) is 6.92 Å². The summed E-state index contributed by atoms with van der Waals surface area (Å²) in [6, 6.07) is 23.7. The summed E-state index contributed by atoms with van der Waals surface area (Å²) in [5.74, 6) is -0.462. The second-order valence-electron chi connectivity index (χ2n) is 12.8. The number of para-hydroxylation sites is 1. The lowest BCUT2D eigenvalue weighted by Crippen LogP contribution is -2.37. The first kappa shape index (κ1) is 37.3. The lowest BCUT2D eigenvalue weighted by Gasteiger charge is -2.30. The monoisotopic (exact) mass is 750 g/mol. The van der Waals surface area contributed by atoms with Gasteiger partial charge in [0, 0.05) is 65.3 Å². The molecule has 2 aromatic heterocycles. The summed E-state index contributed by atoms with van der Waals surface area (Å²) in [6.07, 6.45) is 8.18. The topological polar surface area (TPSA) is 117 Å². The summed E-state index contributed by atoms with van der Waals surface area (Å²) < 4.78 is 6.31. The van der Waals surface area contributed by atoms with Gasteiger partial charge in [-0.2, -0.15) is 0 Å². The molecule has 53 heavy (non-hydrogen) atoms. The third-order valence-corrected chi connectivity index (χ3v) is 9.82. The standard InChI is InChI=1S/C41H40Cl2N6O4/c1-27-23-35(49-21-6-3-7-22-49)31-10-8-11-36(40(31)47-27)53-26-32-33(42)17-18-34(39(32)43)48(2)38(51)25-45-37(50)19-14-28-12-15-29(16-13-28)41(52)46-24-30-9-4-5-20-44-30/h4-5,8-20,23H,3,6-7,21-22,24-26H2,1-2H3,(H,45,50)(H,46,52)/b19-14+. The summed E-state index contributed by atoms with van der Waals surface area (Å²) in [5, 5.41) is 7.14. The maximum absolute atomic E-state index is 13.1. The molecule has 0 bridgehead atoms. The second kappa shape index (κ2) is 17.4. The Kier molecular flexibility index (Phi) is 12.2. The number of likely N-dealkylation sites (N-methyl/N-ethyl adjacent to an activating group) is 1. The first-order valence-corrected chi connectivity index (χ1v) is 18.2. The van der Waals surface area contributed by atoms with Crippen molar-refractivity contribution in [1.29, 1.82) is 0 Å². The fraction of sp³-hybridized carbons (Fsp3) is 0.244. The predicted octanol–water partition coefficient (Wildman–Crippen LogP) is 7.54. The summed E-state index contributed by atoms with van der Waals surface area (Å²) in [4.78, 5) is 51.0. The maximum atomic E-state index is 13.1. The number of aryl methyl sites for hydroxylation is 1. The molecule has 1 aliphatic rings. The Balaban J connectivity index is 1.05. The van der Waals surface area contributed by atoms with Crippen LogP contribution in [0.3, 0.4) is 0 Å². The number of nitrogens with one attached hydrogen (secondary N) is 2. The van der Waals surface area contributed by atoms with Gasteiger partial charge in [0.1, 0.15) is 17.9 Å². The number of nitrogens with zero attached hydrogens (tertiary/aromatic N) is 4. The van der Waals surface area contributed by atoms with Crippen molar-refractivity contribution in [3.05, 3.63) is 129 Å². The van der Waals surface area contributed by atoms with E-state index in [1.807, 2.05) is 37.3 Å². The molecule has 3 aromatic carbocycles. The van der Waals surface area contributed by atoms with Gasteiger partial charge in [-0.15, -0.1) is 0 Å². The van der Waals surface area contributed by atoms with Gasteiger partial charge >= 0.3 is 0 Å². The number of carbonyl (C=O) groups excluding carboxylic acids is 3. The molecule has 0 aliphatic carbocycles. The van der Waals surface area contributed by atoms with Crippen molar-refractivity contribution in [2.75, 3.05) is 36.5 Å². The molecule has 0 atom stereocenters. The lowest BCUT2D eigenvalue weighted by atomic mass is 10.1. The minimum Gasteiger partial charge on any atom is -0.487 e. The summed E-state index contributed by atoms with van der Waals surface area (Å²) in [6.45, 7) is 4.12. The molecule has 12 heteroatoms. The van der Waals surface area contributed by atoms with Crippen molar-refractivity contribution in [2.24, 2.45) is 0 Å². The zero-order valence-corrected chi connectivity index (χ0v) is 31.1. The molecular weight excluding hydrogens is 711 g/mol. The average Bonchev–Trinajstić information content (AvgIpc) is 3.18. The minimum absolute atomic E-state index is 0.0552. The van der Waals surface area contributed by atoms with Gasteiger partial charge in [0.2, 0.25) is 11.8 Å². The molecule has 0 unspecified atom stereocenters.